The Labute approximate surface area is 116 Å². The molecule has 1 aromatic rings. The molecule has 1 heterocycles. The highest BCUT2D eigenvalue weighted by atomic mass is 79.9. The van der Waals surface area contributed by atoms with Crippen LogP contribution in [0.3, 0.4) is 0 Å². The summed E-state index contributed by atoms with van der Waals surface area (Å²) in [6.07, 6.45) is 2.19. The fraction of sp³-hybridized carbons (Fsp3) is 0.500. The zero-order chi connectivity index (χ0) is 13.0. The van der Waals surface area contributed by atoms with Crippen molar-refractivity contribution in [2.75, 3.05) is 5.33 Å². The van der Waals surface area contributed by atoms with Gasteiger partial charge in [-0.1, -0.05) is 41.1 Å². The molecule has 0 fully saturated rings. The average Bonchev–Trinajstić information content (AvgIpc) is 2.82. The number of nitrogens with one attached hydrogen (secondary N) is 1. The lowest BCUT2D eigenvalue weighted by atomic mass is 10.1. The lowest BCUT2D eigenvalue weighted by Crippen LogP contribution is -2.43. The number of rotatable bonds is 5. The first-order valence-electron chi connectivity index (χ1n) is 6.35. The van der Waals surface area contributed by atoms with E-state index in [9.17, 15) is 4.79 Å². The summed E-state index contributed by atoms with van der Waals surface area (Å²) in [6.45, 7) is 2.08. The molecule has 1 aliphatic heterocycles. The maximum absolute atomic E-state index is 12.1. The van der Waals surface area contributed by atoms with Gasteiger partial charge in [0, 0.05) is 17.8 Å². The molecule has 0 spiro atoms. The molecule has 0 radical (unpaired) electrons. The minimum absolute atomic E-state index is 0.000926. The molecule has 0 bridgehead atoms. The molecule has 2 atom stereocenters. The molecule has 2 rings (SSSR count). The van der Waals surface area contributed by atoms with Crippen molar-refractivity contribution in [1.82, 2.24) is 5.32 Å². The maximum Gasteiger partial charge on any atom is 0.261 e. The van der Waals surface area contributed by atoms with Gasteiger partial charge in [0.2, 0.25) is 0 Å². The van der Waals surface area contributed by atoms with Crippen LogP contribution in [0.25, 0.3) is 0 Å². The van der Waals surface area contributed by atoms with E-state index < -0.39 is 0 Å². The Morgan fingerprint density at radius 2 is 2.33 bits per heavy atom. The van der Waals surface area contributed by atoms with Gasteiger partial charge in [-0.25, -0.2) is 0 Å². The monoisotopic (exact) mass is 311 g/mol. The normalized spacial score (nSPS) is 18.9. The van der Waals surface area contributed by atoms with Gasteiger partial charge < -0.3 is 10.1 Å². The molecule has 1 N–H and O–H groups in total. The molecule has 0 saturated carbocycles. The van der Waals surface area contributed by atoms with Crippen LogP contribution in [0.4, 0.5) is 0 Å². The number of carbonyl (C=O) groups excluding carboxylic acids is 1. The topological polar surface area (TPSA) is 38.3 Å². The van der Waals surface area contributed by atoms with Crippen molar-refractivity contribution in [3.8, 4) is 5.75 Å². The van der Waals surface area contributed by atoms with Crippen molar-refractivity contribution in [1.29, 1.82) is 0 Å². The molecule has 1 aliphatic rings. The van der Waals surface area contributed by atoms with Gasteiger partial charge in [0.1, 0.15) is 5.75 Å². The van der Waals surface area contributed by atoms with E-state index in [-0.39, 0.29) is 18.1 Å². The van der Waals surface area contributed by atoms with Crippen LogP contribution in [-0.2, 0) is 11.2 Å². The van der Waals surface area contributed by atoms with Crippen molar-refractivity contribution in [2.24, 2.45) is 0 Å². The van der Waals surface area contributed by atoms with Crippen LogP contribution >= 0.6 is 15.9 Å². The van der Waals surface area contributed by atoms with Gasteiger partial charge in [-0.3, -0.25) is 4.79 Å². The number of hydrogen-bond acceptors (Lipinski definition) is 2. The first-order chi connectivity index (χ1) is 8.74. The van der Waals surface area contributed by atoms with E-state index in [1.54, 1.807) is 0 Å². The standard InChI is InChI=1S/C14H18BrNO2/c1-2-11(7-8-15)16-14(17)13-9-10-5-3-4-6-12(10)18-13/h3-6,11,13H,2,7-9H2,1H3,(H,16,17). The number of alkyl halides is 1. The van der Waals surface area contributed by atoms with Crippen molar-refractivity contribution in [3.63, 3.8) is 0 Å². The Morgan fingerprint density at radius 3 is 3.00 bits per heavy atom. The second kappa shape index (κ2) is 6.23. The van der Waals surface area contributed by atoms with Crippen LogP contribution in [0.2, 0.25) is 0 Å². The number of carbonyl (C=O) groups is 1. The summed E-state index contributed by atoms with van der Waals surface area (Å²) >= 11 is 3.40. The molecule has 3 nitrogen and oxygen atoms in total. The molecule has 0 aromatic heterocycles. The highest BCUT2D eigenvalue weighted by Crippen LogP contribution is 2.28. The summed E-state index contributed by atoms with van der Waals surface area (Å²) in [6, 6.07) is 8.06. The van der Waals surface area contributed by atoms with E-state index in [0.717, 1.165) is 29.5 Å². The van der Waals surface area contributed by atoms with Crippen LogP contribution < -0.4 is 10.1 Å². The minimum Gasteiger partial charge on any atom is -0.480 e. The molecule has 1 amide bonds. The summed E-state index contributed by atoms with van der Waals surface area (Å²) < 4.78 is 5.67. The van der Waals surface area contributed by atoms with Crippen LogP contribution in [0, 0.1) is 0 Å². The van der Waals surface area contributed by atoms with Gasteiger partial charge >= 0.3 is 0 Å². The molecule has 0 aliphatic carbocycles. The predicted octanol–water partition coefficient (Wildman–Crippen LogP) is 2.67. The summed E-state index contributed by atoms with van der Waals surface area (Å²) in [5.41, 5.74) is 1.12. The minimum atomic E-state index is -0.369. The van der Waals surface area contributed by atoms with E-state index in [0.29, 0.717) is 6.42 Å². The molecule has 4 heteroatoms. The number of benzene rings is 1. The fourth-order valence-electron chi connectivity index (χ4n) is 2.13. The molecule has 98 valence electrons. The van der Waals surface area contributed by atoms with E-state index in [1.807, 2.05) is 24.3 Å². The average molecular weight is 312 g/mol. The third kappa shape index (κ3) is 3.05. The van der Waals surface area contributed by atoms with Gasteiger partial charge in [0.25, 0.3) is 5.91 Å². The Hall–Kier alpha value is -1.03. The fourth-order valence-corrected chi connectivity index (χ4v) is 2.69. The van der Waals surface area contributed by atoms with Gasteiger partial charge in [0.15, 0.2) is 6.10 Å². The number of para-hydroxylation sites is 1. The number of ether oxygens (including phenoxy) is 1. The van der Waals surface area contributed by atoms with E-state index >= 15 is 0 Å². The number of amides is 1. The van der Waals surface area contributed by atoms with Gasteiger partial charge in [-0.2, -0.15) is 0 Å². The largest absolute Gasteiger partial charge is 0.480 e. The Kier molecular flexibility index (Phi) is 4.64. The van der Waals surface area contributed by atoms with Crippen LogP contribution in [0.15, 0.2) is 24.3 Å². The van der Waals surface area contributed by atoms with Gasteiger partial charge in [-0.15, -0.1) is 0 Å². The Balaban J connectivity index is 1.92. The lowest BCUT2D eigenvalue weighted by molar-refractivity contribution is -0.128. The molecular weight excluding hydrogens is 294 g/mol. The van der Waals surface area contributed by atoms with Crippen molar-refractivity contribution in [2.45, 2.75) is 38.3 Å². The highest BCUT2D eigenvalue weighted by Gasteiger charge is 2.29. The molecule has 2 unspecified atom stereocenters. The quantitative estimate of drug-likeness (QED) is 0.849. The highest BCUT2D eigenvalue weighted by molar-refractivity contribution is 9.09. The van der Waals surface area contributed by atoms with E-state index in [1.165, 1.54) is 0 Å². The zero-order valence-corrected chi connectivity index (χ0v) is 12.1. The molecular formula is C14H18BrNO2. The number of halogens is 1. The number of fused-ring (bicyclic) bond motifs is 1. The lowest BCUT2D eigenvalue weighted by Gasteiger charge is -2.18. The van der Waals surface area contributed by atoms with Crippen molar-refractivity contribution >= 4 is 21.8 Å². The van der Waals surface area contributed by atoms with Gasteiger partial charge in [-0.05, 0) is 24.5 Å². The summed E-state index contributed by atoms with van der Waals surface area (Å²) in [5.74, 6) is 0.838. The summed E-state index contributed by atoms with van der Waals surface area (Å²) in [4.78, 5) is 12.1. The van der Waals surface area contributed by atoms with E-state index in [2.05, 4.69) is 28.2 Å². The van der Waals surface area contributed by atoms with Crippen molar-refractivity contribution in [3.05, 3.63) is 29.8 Å². The first-order valence-corrected chi connectivity index (χ1v) is 7.47. The summed E-state index contributed by atoms with van der Waals surface area (Å²) in [7, 11) is 0. The third-order valence-electron chi connectivity index (χ3n) is 3.24. The smallest absolute Gasteiger partial charge is 0.261 e. The maximum atomic E-state index is 12.1. The second-order valence-electron chi connectivity index (χ2n) is 4.51. The first kappa shape index (κ1) is 13.4. The predicted molar refractivity (Wildman–Crippen MR) is 75.2 cm³/mol. The molecule has 1 aromatic carbocycles. The third-order valence-corrected chi connectivity index (χ3v) is 3.69. The molecule has 0 saturated heterocycles. The Bertz CT molecular complexity index is 397. The summed E-state index contributed by atoms with van der Waals surface area (Å²) in [5, 5.41) is 3.95. The number of hydrogen-bond donors (Lipinski definition) is 1. The second-order valence-corrected chi connectivity index (χ2v) is 5.30. The van der Waals surface area contributed by atoms with Crippen LogP contribution in [-0.4, -0.2) is 23.4 Å². The van der Waals surface area contributed by atoms with E-state index in [4.69, 9.17) is 4.74 Å². The van der Waals surface area contributed by atoms with Gasteiger partial charge in [0.05, 0.1) is 0 Å². The zero-order valence-electron chi connectivity index (χ0n) is 10.5. The van der Waals surface area contributed by atoms with Crippen LogP contribution in [0.5, 0.6) is 5.75 Å². The van der Waals surface area contributed by atoms with Crippen LogP contribution in [0.1, 0.15) is 25.3 Å². The molecule has 18 heavy (non-hydrogen) atoms. The Morgan fingerprint density at radius 1 is 1.56 bits per heavy atom. The van der Waals surface area contributed by atoms with Crippen molar-refractivity contribution < 1.29 is 9.53 Å². The SMILES string of the molecule is CCC(CCBr)NC(=O)C1Cc2ccccc2O1.